The second-order valence-corrected chi connectivity index (χ2v) is 7.26. The summed E-state index contributed by atoms with van der Waals surface area (Å²) in [5.74, 6) is 0. The zero-order chi connectivity index (χ0) is 16.5. The van der Waals surface area contributed by atoms with Gasteiger partial charge in [0.2, 0.25) is 0 Å². The van der Waals surface area contributed by atoms with Crippen LogP contribution < -0.4 is 0 Å². The van der Waals surface area contributed by atoms with Crippen molar-refractivity contribution in [1.82, 2.24) is 4.90 Å². The SMILES string of the molecule is CC(C)(C)OC(=O)N1CCC[C@H]1COS(=O)(=O)C(F)(F)F. The monoisotopic (exact) mass is 333 g/mol. The third-order valence-electron chi connectivity index (χ3n) is 2.70. The third kappa shape index (κ3) is 5.03. The summed E-state index contributed by atoms with van der Waals surface area (Å²) in [6, 6.07) is -0.753. The first-order chi connectivity index (χ1) is 9.33. The van der Waals surface area contributed by atoms with Crippen molar-refractivity contribution in [2.45, 2.75) is 50.8 Å². The van der Waals surface area contributed by atoms with Gasteiger partial charge >= 0.3 is 21.7 Å². The van der Waals surface area contributed by atoms with Gasteiger partial charge in [-0.25, -0.2) is 4.79 Å². The first-order valence-corrected chi connectivity index (χ1v) is 7.69. The lowest BCUT2D eigenvalue weighted by molar-refractivity contribution is -0.0553. The van der Waals surface area contributed by atoms with Crippen LogP contribution in [0.3, 0.4) is 0 Å². The Hall–Kier alpha value is -1.03. The number of ether oxygens (including phenoxy) is 1. The van der Waals surface area contributed by atoms with Gasteiger partial charge in [-0.05, 0) is 33.6 Å². The van der Waals surface area contributed by atoms with E-state index in [1.807, 2.05) is 0 Å². The molecule has 1 amide bonds. The summed E-state index contributed by atoms with van der Waals surface area (Å²) in [6.45, 7) is 4.51. The van der Waals surface area contributed by atoms with Crippen LogP contribution in [0.25, 0.3) is 0 Å². The third-order valence-corrected chi connectivity index (χ3v) is 3.72. The van der Waals surface area contributed by atoms with E-state index in [-0.39, 0.29) is 6.54 Å². The molecule has 0 N–H and O–H groups in total. The number of carbonyl (C=O) groups excluding carboxylic acids is 1. The zero-order valence-corrected chi connectivity index (χ0v) is 12.8. The van der Waals surface area contributed by atoms with Gasteiger partial charge in [-0.1, -0.05) is 0 Å². The van der Waals surface area contributed by atoms with Crippen LogP contribution in [0, 0.1) is 0 Å². The van der Waals surface area contributed by atoms with Crippen molar-refractivity contribution < 1.29 is 35.3 Å². The second-order valence-electron chi connectivity index (χ2n) is 5.65. The molecule has 1 saturated heterocycles. The van der Waals surface area contributed by atoms with Crippen LogP contribution in [0.15, 0.2) is 0 Å². The fraction of sp³-hybridized carbons (Fsp3) is 0.909. The topological polar surface area (TPSA) is 72.9 Å². The molecule has 6 nitrogen and oxygen atoms in total. The summed E-state index contributed by atoms with van der Waals surface area (Å²) in [5.41, 5.74) is -6.22. The highest BCUT2D eigenvalue weighted by Crippen LogP contribution is 2.27. The number of nitrogens with zero attached hydrogens (tertiary/aromatic N) is 1. The van der Waals surface area contributed by atoms with E-state index in [1.165, 1.54) is 4.90 Å². The zero-order valence-electron chi connectivity index (χ0n) is 11.9. The van der Waals surface area contributed by atoms with Crippen molar-refractivity contribution in [3.05, 3.63) is 0 Å². The Bertz CT molecular complexity index is 483. The number of likely N-dealkylation sites (tertiary alicyclic amines) is 1. The average Bonchev–Trinajstić information content (AvgIpc) is 2.70. The molecule has 0 aromatic heterocycles. The summed E-state index contributed by atoms with van der Waals surface area (Å²) in [7, 11) is -5.65. The minimum Gasteiger partial charge on any atom is -0.444 e. The Balaban J connectivity index is 2.65. The molecule has 0 radical (unpaired) electrons. The molecule has 1 aliphatic heterocycles. The number of carbonyl (C=O) groups is 1. The lowest BCUT2D eigenvalue weighted by Crippen LogP contribution is -2.42. The highest BCUT2D eigenvalue weighted by molar-refractivity contribution is 7.87. The van der Waals surface area contributed by atoms with Crippen molar-refractivity contribution in [3.63, 3.8) is 0 Å². The normalized spacial score (nSPS) is 20.7. The van der Waals surface area contributed by atoms with Gasteiger partial charge in [0.15, 0.2) is 0 Å². The molecule has 1 atom stereocenters. The van der Waals surface area contributed by atoms with Crippen LogP contribution in [0.2, 0.25) is 0 Å². The van der Waals surface area contributed by atoms with E-state index in [9.17, 15) is 26.4 Å². The van der Waals surface area contributed by atoms with Crippen molar-refractivity contribution >= 4 is 16.2 Å². The Morgan fingerprint density at radius 3 is 2.33 bits per heavy atom. The molecule has 1 aliphatic rings. The number of hydrogen-bond acceptors (Lipinski definition) is 5. The Morgan fingerprint density at radius 2 is 1.86 bits per heavy atom. The molecule has 0 bridgehead atoms. The van der Waals surface area contributed by atoms with Gasteiger partial charge in [0, 0.05) is 6.54 Å². The van der Waals surface area contributed by atoms with Crippen LogP contribution in [0.1, 0.15) is 33.6 Å². The maximum absolute atomic E-state index is 12.2. The highest BCUT2D eigenvalue weighted by atomic mass is 32.2. The summed E-state index contributed by atoms with van der Waals surface area (Å²) in [6.07, 6.45) is 0.199. The van der Waals surface area contributed by atoms with Gasteiger partial charge in [-0.3, -0.25) is 4.18 Å². The lowest BCUT2D eigenvalue weighted by Gasteiger charge is -2.28. The number of alkyl halides is 3. The lowest BCUT2D eigenvalue weighted by atomic mass is 10.2. The summed E-state index contributed by atoms with van der Waals surface area (Å²) >= 11 is 0. The highest BCUT2D eigenvalue weighted by Gasteiger charge is 2.48. The maximum Gasteiger partial charge on any atom is 0.523 e. The Morgan fingerprint density at radius 1 is 1.29 bits per heavy atom. The van der Waals surface area contributed by atoms with Gasteiger partial charge < -0.3 is 9.64 Å². The molecule has 1 rings (SSSR count). The summed E-state index contributed by atoms with van der Waals surface area (Å²) < 4.78 is 67.3. The molecular weight excluding hydrogens is 315 g/mol. The van der Waals surface area contributed by atoms with Crippen LogP contribution in [0.4, 0.5) is 18.0 Å². The molecule has 0 aliphatic carbocycles. The van der Waals surface area contributed by atoms with E-state index in [2.05, 4.69) is 4.18 Å². The molecule has 1 heterocycles. The molecule has 0 aromatic carbocycles. The number of rotatable bonds is 3. The largest absolute Gasteiger partial charge is 0.523 e. The van der Waals surface area contributed by atoms with Crippen LogP contribution in [-0.2, 0) is 19.0 Å². The average molecular weight is 333 g/mol. The van der Waals surface area contributed by atoms with Crippen molar-refractivity contribution in [2.24, 2.45) is 0 Å². The van der Waals surface area contributed by atoms with E-state index in [0.717, 1.165) is 0 Å². The van der Waals surface area contributed by atoms with Gasteiger partial charge in [-0.2, -0.15) is 21.6 Å². The molecule has 0 saturated carbocycles. The number of hydrogen-bond donors (Lipinski definition) is 0. The quantitative estimate of drug-likeness (QED) is 0.585. The van der Waals surface area contributed by atoms with Crippen LogP contribution in [0.5, 0.6) is 0 Å². The molecule has 10 heteroatoms. The van der Waals surface area contributed by atoms with Crippen molar-refractivity contribution in [2.75, 3.05) is 13.2 Å². The fourth-order valence-corrected chi connectivity index (χ4v) is 2.27. The van der Waals surface area contributed by atoms with Gasteiger partial charge in [0.25, 0.3) is 0 Å². The predicted octanol–water partition coefficient (Wildman–Crippen LogP) is 2.25. The first-order valence-electron chi connectivity index (χ1n) is 6.29. The molecule has 0 spiro atoms. The summed E-state index contributed by atoms with van der Waals surface area (Å²) in [5, 5.41) is 0. The number of amides is 1. The first kappa shape index (κ1) is 18.0. The fourth-order valence-electron chi connectivity index (χ4n) is 1.80. The van der Waals surface area contributed by atoms with Gasteiger partial charge in [-0.15, -0.1) is 0 Å². The Labute approximate surface area is 121 Å². The minimum atomic E-state index is -5.65. The summed E-state index contributed by atoms with van der Waals surface area (Å²) in [4.78, 5) is 13.1. The van der Waals surface area contributed by atoms with Crippen molar-refractivity contribution in [1.29, 1.82) is 0 Å². The molecule has 0 unspecified atom stereocenters. The number of halogens is 3. The van der Waals surface area contributed by atoms with Gasteiger partial charge in [0.1, 0.15) is 5.60 Å². The van der Waals surface area contributed by atoms with E-state index in [4.69, 9.17) is 4.74 Å². The van der Waals surface area contributed by atoms with Crippen LogP contribution >= 0.6 is 0 Å². The van der Waals surface area contributed by atoms with Crippen molar-refractivity contribution in [3.8, 4) is 0 Å². The standard InChI is InChI=1S/C11H18F3NO5S/c1-10(2,3)20-9(16)15-6-4-5-8(15)7-19-21(17,18)11(12,13)14/h8H,4-7H2,1-3H3/t8-/m0/s1. The van der Waals surface area contributed by atoms with E-state index >= 15 is 0 Å². The predicted molar refractivity (Wildman–Crippen MR) is 66.9 cm³/mol. The van der Waals surface area contributed by atoms with E-state index < -0.39 is 40.0 Å². The Kier molecular flexibility index (Phi) is 5.14. The minimum absolute atomic E-state index is 0.287. The van der Waals surface area contributed by atoms with E-state index in [0.29, 0.717) is 12.8 Å². The second kappa shape index (κ2) is 5.99. The molecule has 21 heavy (non-hydrogen) atoms. The van der Waals surface area contributed by atoms with E-state index in [1.54, 1.807) is 20.8 Å². The smallest absolute Gasteiger partial charge is 0.444 e. The van der Waals surface area contributed by atoms with Gasteiger partial charge in [0.05, 0.1) is 12.6 Å². The molecule has 1 fully saturated rings. The molecule has 124 valence electrons. The van der Waals surface area contributed by atoms with Crippen LogP contribution in [-0.4, -0.2) is 49.7 Å². The molecule has 0 aromatic rings. The molecular formula is C11H18F3NO5S. The maximum atomic E-state index is 12.2.